The van der Waals surface area contributed by atoms with Crippen molar-refractivity contribution in [2.24, 2.45) is 29.6 Å². The van der Waals surface area contributed by atoms with E-state index in [0.29, 0.717) is 0 Å². The molecule has 0 aromatic rings. The highest BCUT2D eigenvalue weighted by atomic mass is 14.6. The highest BCUT2D eigenvalue weighted by Crippen LogP contribution is 2.68. The molecule has 0 radical (unpaired) electrons. The van der Waals surface area contributed by atoms with E-state index in [4.69, 9.17) is 0 Å². The summed E-state index contributed by atoms with van der Waals surface area (Å²) >= 11 is 0. The second kappa shape index (κ2) is 4.70. The van der Waals surface area contributed by atoms with E-state index in [1.165, 1.54) is 68.1 Å². The lowest BCUT2D eigenvalue weighted by molar-refractivity contribution is -0.0490. The second-order valence-corrected chi connectivity index (χ2v) is 6.78. The van der Waals surface area contributed by atoms with Gasteiger partial charge < -0.3 is 0 Å². The summed E-state index contributed by atoms with van der Waals surface area (Å²) in [5, 5.41) is 0. The highest BCUT2D eigenvalue weighted by molar-refractivity contribution is 5.09. The fourth-order valence-corrected chi connectivity index (χ4v) is 5.00. The third kappa shape index (κ3) is 1.83. The molecule has 16 heavy (non-hydrogen) atoms. The quantitative estimate of drug-likeness (QED) is 0.528. The molecule has 3 aliphatic rings. The molecule has 3 aliphatic carbocycles. The van der Waals surface area contributed by atoms with Crippen LogP contribution < -0.4 is 0 Å². The van der Waals surface area contributed by atoms with E-state index in [1.54, 1.807) is 25.7 Å². The van der Waals surface area contributed by atoms with Crippen molar-refractivity contribution in [1.29, 1.82) is 0 Å². The van der Waals surface area contributed by atoms with E-state index in [2.05, 4.69) is 6.92 Å². The topological polar surface area (TPSA) is 0 Å². The molecule has 0 nitrogen and oxygen atoms in total. The third-order valence-corrected chi connectivity index (χ3v) is 5.90. The minimum Gasteiger partial charge on any atom is -0.0654 e. The predicted molar refractivity (Wildman–Crippen MR) is 69.3 cm³/mol. The molecule has 3 rings (SSSR count). The first kappa shape index (κ1) is 11.1. The highest BCUT2D eigenvalue weighted by Gasteiger charge is 2.60. The Morgan fingerprint density at radius 3 is 2.31 bits per heavy atom. The number of unbranched alkanes of at least 4 members (excludes halogenated alkanes) is 5. The lowest BCUT2D eigenvalue weighted by Gasteiger charge is -2.54. The Morgan fingerprint density at radius 2 is 1.56 bits per heavy atom. The van der Waals surface area contributed by atoms with Crippen molar-refractivity contribution in [3.8, 4) is 0 Å². The predicted octanol–water partition coefficient (Wildman–Crippen LogP) is 5.03. The summed E-state index contributed by atoms with van der Waals surface area (Å²) in [6, 6.07) is 0. The molecular formula is C16H28. The SMILES string of the molecule is CCCCCCCCC1CC2CC3CC1C23. The zero-order valence-corrected chi connectivity index (χ0v) is 11.0. The van der Waals surface area contributed by atoms with Gasteiger partial charge in [-0.2, -0.15) is 0 Å². The van der Waals surface area contributed by atoms with Gasteiger partial charge >= 0.3 is 0 Å². The molecule has 0 heterocycles. The van der Waals surface area contributed by atoms with Crippen molar-refractivity contribution >= 4 is 0 Å². The smallest absolute Gasteiger partial charge is 0.0326 e. The van der Waals surface area contributed by atoms with Crippen LogP contribution in [0.4, 0.5) is 0 Å². The van der Waals surface area contributed by atoms with Gasteiger partial charge in [0.25, 0.3) is 0 Å². The van der Waals surface area contributed by atoms with Gasteiger partial charge in [-0.1, -0.05) is 51.9 Å². The van der Waals surface area contributed by atoms with E-state index < -0.39 is 0 Å². The fraction of sp³-hybridized carbons (Fsp3) is 1.00. The zero-order valence-electron chi connectivity index (χ0n) is 11.0. The first-order valence-electron chi connectivity index (χ1n) is 7.90. The summed E-state index contributed by atoms with van der Waals surface area (Å²) in [7, 11) is 0. The monoisotopic (exact) mass is 220 g/mol. The van der Waals surface area contributed by atoms with Crippen molar-refractivity contribution in [2.45, 2.75) is 71.1 Å². The van der Waals surface area contributed by atoms with Crippen LogP contribution in [-0.2, 0) is 0 Å². The number of hydrogen-bond acceptors (Lipinski definition) is 0. The molecule has 3 fully saturated rings. The number of rotatable bonds is 7. The van der Waals surface area contributed by atoms with Gasteiger partial charge in [0.15, 0.2) is 0 Å². The summed E-state index contributed by atoms with van der Waals surface area (Å²) in [5.41, 5.74) is 0. The molecule has 0 amide bonds. The van der Waals surface area contributed by atoms with E-state index in [-0.39, 0.29) is 0 Å². The van der Waals surface area contributed by atoms with Crippen LogP contribution in [-0.4, -0.2) is 0 Å². The Morgan fingerprint density at radius 1 is 0.812 bits per heavy atom. The zero-order chi connectivity index (χ0) is 11.0. The van der Waals surface area contributed by atoms with Crippen LogP contribution in [0.15, 0.2) is 0 Å². The lowest BCUT2D eigenvalue weighted by Crippen LogP contribution is -2.47. The Bertz CT molecular complexity index is 232. The fourth-order valence-electron chi connectivity index (χ4n) is 5.00. The van der Waals surface area contributed by atoms with Gasteiger partial charge in [-0.15, -0.1) is 0 Å². The summed E-state index contributed by atoms with van der Waals surface area (Å²) in [6.45, 7) is 2.31. The summed E-state index contributed by atoms with van der Waals surface area (Å²) in [4.78, 5) is 0. The van der Waals surface area contributed by atoms with Gasteiger partial charge in [0.1, 0.15) is 0 Å². The summed E-state index contributed by atoms with van der Waals surface area (Å²) < 4.78 is 0. The number of hydrogen-bond donors (Lipinski definition) is 0. The molecule has 0 heteroatoms. The van der Waals surface area contributed by atoms with Crippen LogP contribution in [0.3, 0.4) is 0 Å². The molecule has 0 saturated heterocycles. The van der Waals surface area contributed by atoms with E-state index in [9.17, 15) is 0 Å². The molecule has 0 N–H and O–H groups in total. The second-order valence-electron chi connectivity index (χ2n) is 6.78. The molecule has 0 aliphatic heterocycles. The molecular weight excluding hydrogens is 192 g/mol. The normalized spacial score (nSPS) is 43.7. The molecule has 5 atom stereocenters. The van der Waals surface area contributed by atoms with Gasteiger partial charge in [-0.05, 0) is 48.9 Å². The van der Waals surface area contributed by atoms with Crippen molar-refractivity contribution in [2.75, 3.05) is 0 Å². The molecule has 0 aromatic carbocycles. The molecule has 0 spiro atoms. The molecule has 3 saturated carbocycles. The van der Waals surface area contributed by atoms with Gasteiger partial charge in [0.05, 0.1) is 0 Å². The van der Waals surface area contributed by atoms with Crippen molar-refractivity contribution < 1.29 is 0 Å². The van der Waals surface area contributed by atoms with Crippen LogP contribution in [0.1, 0.15) is 71.1 Å². The van der Waals surface area contributed by atoms with Crippen molar-refractivity contribution in [3.63, 3.8) is 0 Å². The standard InChI is InChI=1S/C16H28/c1-2-3-4-5-6-7-8-12-9-13-10-14-11-15(12)16(13)14/h12-16H,2-11H2,1H3. The van der Waals surface area contributed by atoms with Gasteiger partial charge in [0.2, 0.25) is 0 Å². The minimum absolute atomic E-state index is 1.17. The molecule has 92 valence electrons. The maximum atomic E-state index is 2.31. The van der Waals surface area contributed by atoms with Crippen LogP contribution in [0.5, 0.6) is 0 Å². The first-order valence-corrected chi connectivity index (χ1v) is 7.90. The molecule has 5 unspecified atom stereocenters. The van der Waals surface area contributed by atoms with Crippen LogP contribution in [0, 0.1) is 29.6 Å². The van der Waals surface area contributed by atoms with Crippen LogP contribution >= 0.6 is 0 Å². The molecule has 0 bridgehead atoms. The van der Waals surface area contributed by atoms with Crippen molar-refractivity contribution in [3.05, 3.63) is 0 Å². The van der Waals surface area contributed by atoms with Gasteiger partial charge in [-0.25, -0.2) is 0 Å². The van der Waals surface area contributed by atoms with E-state index in [0.717, 1.165) is 0 Å². The maximum Gasteiger partial charge on any atom is -0.0326 e. The Hall–Kier alpha value is 0. The Balaban J connectivity index is 1.29. The maximum absolute atomic E-state index is 2.31. The average Bonchev–Trinajstić information content (AvgIpc) is 2.42. The largest absolute Gasteiger partial charge is 0.0654 e. The summed E-state index contributed by atoms with van der Waals surface area (Å²) in [5.74, 6) is 6.03. The Kier molecular flexibility index (Phi) is 3.27. The first-order chi connectivity index (χ1) is 7.90. The minimum atomic E-state index is 1.17. The third-order valence-electron chi connectivity index (χ3n) is 5.90. The van der Waals surface area contributed by atoms with Gasteiger partial charge in [0, 0.05) is 0 Å². The van der Waals surface area contributed by atoms with Crippen LogP contribution in [0.2, 0.25) is 0 Å². The lowest BCUT2D eigenvalue weighted by atomic mass is 9.51. The summed E-state index contributed by atoms with van der Waals surface area (Å²) in [6.07, 6.45) is 15.3. The van der Waals surface area contributed by atoms with E-state index >= 15 is 0 Å². The Labute approximate surface area is 101 Å². The van der Waals surface area contributed by atoms with Crippen LogP contribution in [0.25, 0.3) is 0 Å². The van der Waals surface area contributed by atoms with Crippen molar-refractivity contribution in [1.82, 2.24) is 0 Å². The average molecular weight is 220 g/mol. The molecule has 0 aromatic heterocycles. The van der Waals surface area contributed by atoms with E-state index in [1.807, 2.05) is 0 Å². The van der Waals surface area contributed by atoms with Gasteiger partial charge in [-0.3, -0.25) is 0 Å².